The summed E-state index contributed by atoms with van der Waals surface area (Å²) < 4.78 is 26.1. The number of aromatic nitrogens is 5. The van der Waals surface area contributed by atoms with Gasteiger partial charge in [-0.1, -0.05) is 38.1 Å². The molecule has 1 amide bonds. The van der Waals surface area contributed by atoms with E-state index >= 15 is 4.39 Å². The molecule has 1 aromatic carbocycles. The van der Waals surface area contributed by atoms with Gasteiger partial charge in [-0.05, 0) is 36.2 Å². The lowest BCUT2D eigenvalue weighted by atomic mass is 9.96. The number of fused-ring (bicyclic) bond motifs is 1. The minimum atomic E-state index is -0.561. The molecule has 0 aliphatic carbocycles. The van der Waals surface area contributed by atoms with Gasteiger partial charge in [0.25, 0.3) is 0 Å². The van der Waals surface area contributed by atoms with E-state index in [1.165, 1.54) is 6.07 Å². The van der Waals surface area contributed by atoms with Crippen molar-refractivity contribution in [1.29, 1.82) is 0 Å². The van der Waals surface area contributed by atoms with Crippen molar-refractivity contribution in [3.8, 4) is 17.0 Å². The Labute approximate surface area is 200 Å². The summed E-state index contributed by atoms with van der Waals surface area (Å²) in [6.45, 7) is 7.36. The summed E-state index contributed by atoms with van der Waals surface area (Å²) in [6.07, 6.45) is 2.55. The monoisotopic (exact) mass is 479 g/mol. The summed E-state index contributed by atoms with van der Waals surface area (Å²) in [4.78, 5) is 20.8. The molecule has 1 aliphatic heterocycles. The number of benzene rings is 1. The Bertz CT molecular complexity index is 1370. The van der Waals surface area contributed by atoms with Crippen LogP contribution in [0.1, 0.15) is 49.3 Å². The van der Waals surface area contributed by atoms with Gasteiger partial charge in [0.05, 0.1) is 5.39 Å². The van der Waals surface area contributed by atoms with E-state index in [9.17, 15) is 4.79 Å². The van der Waals surface area contributed by atoms with Crippen LogP contribution in [0.3, 0.4) is 0 Å². The minimum absolute atomic E-state index is 0.0237. The van der Waals surface area contributed by atoms with E-state index in [1.54, 1.807) is 24.4 Å². The molecule has 4 heterocycles. The molecule has 4 aromatic rings. The molecule has 0 spiro atoms. The normalized spacial score (nSPS) is 16.1. The average Bonchev–Trinajstić information content (AvgIpc) is 3.59. The van der Waals surface area contributed by atoms with Gasteiger partial charge in [0, 0.05) is 30.3 Å². The van der Waals surface area contributed by atoms with E-state index in [2.05, 4.69) is 36.0 Å². The van der Waals surface area contributed by atoms with Gasteiger partial charge in [-0.3, -0.25) is 9.89 Å². The molecule has 0 radical (unpaired) electrons. The van der Waals surface area contributed by atoms with E-state index in [1.807, 2.05) is 20.8 Å². The topological polar surface area (TPSA) is 131 Å². The van der Waals surface area contributed by atoms with Gasteiger partial charge >= 0.3 is 11.8 Å². The maximum atomic E-state index is 15.0. The zero-order chi connectivity index (χ0) is 24.6. The van der Waals surface area contributed by atoms with Gasteiger partial charge in [-0.25, -0.2) is 9.37 Å². The van der Waals surface area contributed by atoms with Crippen LogP contribution in [0.25, 0.3) is 22.2 Å². The molecule has 1 atom stereocenters. The van der Waals surface area contributed by atoms with Crippen molar-refractivity contribution in [1.82, 2.24) is 36.0 Å². The lowest BCUT2D eigenvalue weighted by Gasteiger charge is -2.12. The zero-order valence-electron chi connectivity index (χ0n) is 19.7. The van der Waals surface area contributed by atoms with Gasteiger partial charge < -0.3 is 19.9 Å². The summed E-state index contributed by atoms with van der Waals surface area (Å²) in [6, 6.07) is 6.65. The highest BCUT2D eigenvalue weighted by Crippen LogP contribution is 2.34. The number of aromatic amines is 1. The SMILES string of the molecule is CC(C)(C)c1noc(C(=O)NCc2ccc(-c3ccnc4[nH]nc(OC5CCNC5)c34)cc2F)n1. The van der Waals surface area contributed by atoms with E-state index in [0.29, 0.717) is 33.9 Å². The highest BCUT2D eigenvalue weighted by atomic mass is 19.1. The van der Waals surface area contributed by atoms with Crippen LogP contribution in [0, 0.1) is 5.82 Å². The summed E-state index contributed by atoms with van der Waals surface area (Å²) in [7, 11) is 0. The molecule has 0 bridgehead atoms. The highest BCUT2D eigenvalue weighted by Gasteiger charge is 2.24. The van der Waals surface area contributed by atoms with Crippen LogP contribution in [0.15, 0.2) is 35.0 Å². The number of rotatable bonds is 6. The van der Waals surface area contributed by atoms with Crippen LogP contribution in [-0.2, 0) is 12.0 Å². The molecule has 1 saturated heterocycles. The number of carbonyl (C=O) groups excluding carboxylic acids is 1. The fourth-order valence-corrected chi connectivity index (χ4v) is 3.86. The largest absolute Gasteiger partial charge is 0.471 e. The molecular weight excluding hydrogens is 453 g/mol. The smallest absolute Gasteiger partial charge is 0.315 e. The molecule has 1 fully saturated rings. The molecule has 11 heteroatoms. The Morgan fingerprint density at radius 3 is 2.89 bits per heavy atom. The van der Waals surface area contributed by atoms with Crippen molar-refractivity contribution in [3.05, 3.63) is 53.6 Å². The molecule has 182 valence electrons. The second-order valence-corrected chi connectivity index (χ2v) is 9.51. The van der Waals surface area contributed by atoms with Gasteiger partial charge in [0.15, 0.2) is 11.5 Å². The van der Waals surface area contributed by atoms with E-state index in [-0.39, 0.29) is 24.0 Å². The van der Waals surface area contributed by atoms with Crippen LogP contribution >= 0.6 is 0 Å². The van der Waals surface area contributed by atoms with Crippen molar-refractivity contribution >= 4 is 16.9 Å². The maximum absolute atomic E-state index is 15.0. The van der Waals surface area contributed by atoms with Crippen LogP contribution in [-0.4, -0.2) is 50.4 Å². The molecule has 3 N–H and O–H groups in total. The quantitative estimate of drug-likeness (QED) is 0.385. The third-order valence-electron chi connectivity index (χ3n) is 5.82. The van der Waals surface area contributed by atoms with Crippen molar-refractivity contribution in [2.24, 2.45) is 0 Å². The van der Waals surface area contributed by atoms with Crippen LogP contribution in [0.5, 0.6) is 5.88 Å². The third-order valence-corrected chi connectivity index (χ3v) is 5.82. The van der Waals surface area contributed by atoms with Gasteiger partial charge in [-0.2, -0.15) is 4.98 Å². The first-order valence-electron chi connectivity index (χ1n) is 11.4. The van der Waals surface area contributed by atoms with Crippen LogP contribution in [0.4, 0.5) is 4.39 Å². The third kappa shape index (κ3) is 4.72. The predicted octanol–water partition coefficient (Wildman–Crippen LogP) is 3.12. The Kier molecular flexibility index (Phi) is 5.93. The zero-order valence-corrected chi connectivity index (χ0v) is 19.7. The number of nitrogens with one attached hydrogen (secondary N) is 3. The molecule has 10 nitrogen and oxygen atoms in total. The van der Waals surface area contributed by atoms with Crippen LogP contribution in [0.2, 0.25) is 0 Å². The maximum Gasteiger partial charge on any atom is 0.315 e. The Morgan fingerprint density at radius 2 is 2.17 bits per heavy atom. The summed E-state index contributed by atoms with van der Waals surface area (Å²) >= 11 is 0. The first kappa shape index (κ1) is 22.9. The number of H-pyrrole nitrogens is 1. The Hall–Kier alpha value is -3.86. The molecule has 35 heavy (non-hydrogen) atoms. The molecular formula is C24H26FN7O3. The lowest BCUT2D eigenvalue weighted by molar-refractivity contribution is 0.0906. The number of hydrogen-bond donors (Lipinski definition) is 3. The fraction of sp³-hybridized carbons (Fsp3) is 0.375. The number of pyridine rings is 1. The average molecular weight is 480 g/mol. The van der Waals surface area contributed by atoms with Crippen molar-refractivity contribution < 1.29 is 18.4 Å². The number of carbonyl (C=O) groups is 1. The van der Waals surface area contributed by atoms with E-state index in [0.717, 1.165) is 25.1 Å². The number of amides is 1. The Balaban J connectivity index is 1.34. The fourth-order valence-electron chi connectivity index (χ4n) is 3.86. The summed E-state index contributed by atoms with van der Waals surface area (Å²) in [5, 5.41) is 17.6. The molecule has 0 saturated carbocycles. The number of nitrogens with zero attached hydrogens (tertiary/aromatic N) is 4. The van der Waals surface area contributed by atoms with Gasteiger partial charge in [0.2, 0.25) is 5.88 Å². The minimum Gasteiger partial charge on any atom is -0.471 e. The molecule has 3 aromatic heterocycles. The first-order valence-corrected chi connectivity index (χ1v) is 11.4. The van der Waals surface area contributed by atoms with Crippen molar-refractivity contribution in [2.75, 3.05) is 13.1 Å². The second-order valence-electron chi connectivity index (χ2n) is 9.51. The predicted molar refractivity (Wildman–Crippen MR) is 125 cm³/mol. The number of halogens is 1. The first-order chi connectivity index (χ1) is 16.8. The molecule has 1 unspecified atom stereocenters. The summed E-state index contributed by atoms with van der Waals surface area (Å²) in [5.41, 5.74) is 1.93. The lowest BCUT2D eigenvalue weighted by Crippen LogP contribution is -2.24. The molecule has 5 rings (SSSR count). The standard InChI is InChI=1S/C24H26FN7O3/c1-24(2,3)23-29-22(35-32-23)20(33)28-11-14-5-4-13(10-17(14)25)16-7-9-27-19-18(16)21(31-30-19)34-15-6-8-26-12-15/h4-5,7,9-10,15,26H,6,8,11-12H2,1-3H3,(H,28,33)(H,27,30,31). The van der Waals surface area contributed by atoms with Gasteiger partial charge in [-0.15, -0.1) is 5.10 Å². The number of ether oxygens (including phenoxy) is 1. The number of hydrogen-bond acceptors (Lipinski definition) is 8. The van der Waals surface area contributed by atoms with Crippen LogP contribution < -0.4 is 15.4 Å². The van der Waals surface area contributed by atoms with E-state index in [4.69, 9.17) is 9.26 Å². The Morgan fingerprint density at radius 1 is 1.31 bits per heavy atom. The van der Waals surface area contributed by atoms with Crippen molar-refractivity contribution in [3.63, 3.8) is 0 Å². The second kappa shape index (κ2) is 9.06. The van der Waals surface area contributed by atoms with Gasteiger partial charge in [0.1, 0.15) is 11.9 Å². The molecule has 1 aliphatic rings. The van der Waals surface area contributed by atoms with E-state index < -0.39 is 11.7 Å². The highest BCUT2D eigenvalue weighted by molar-refractivity contribution is 5.96. The summed E-state index contributed by atoms with van der Waals surface area (Å²) in [5.74, 6) is -0.305. The van der Waals surface area contributed by atoms with Crippen molar-refractivity contribution in [2.45, 2.75) is 45.3 Å².